The number of hydrogen-bond donors (Lipinski definition) is 2. The Morgan fingerprint density at radius 2 is 1.93 bits per heavy atom. The maximum atomic E-state index is 12.4. The van der Waals surface area contributed by atoms with Crippen LogP contribution in [0, 0.1) is 10.1 Å². The molecule has 2 aromatic rings. The van der Waals surface area contributed by atoms with Crippen LogP contribution in [-0.4, -0.2) is 35.6 Å². The highest BCUT2D eigenvalue weighted by molar-refractivity contribution is 7.80. The molecule has 2 rings (SSSR count). The van der Waals surface area contributed by atoms with Gasteiger partial charge in [0.25, 0.3) is 5.91 Å². The zero-order valence-corrected chi connectivity index (χ0v) is 15.9. The second kappa shape index (κ2) is 9.42. The standard InChI is InChI=1S/C18H17N3O6S/c1-3-27-15-9-8-11(10-14(15)21(24)25)16(22)20-18(28)19-13-7-5-4-6-12(13)17(23)26-2/h4-10H,3H2,1-2H3,(H2,19,20,22,28). The summed E-state index contributed by atoms with van der Waals surface area (Å²) in [4.78, 5) is 34.7. The highest BCUT2D eigenvalue weighted by atomic mass is 32.1. The molecule has 0 aromatic heterocycles. The molecule has 0 aliphatic heterocycles. The molecule has 0 fully saturated rings. The van der Waals surface area contributed by atoms with E-state index < -0.39 is 16.8 Å². The first-order valence-electron chi connectivity index (χ1n) is 8.08. The van der Waals surface area contributed by atoms with Gasteiger partial charge in [-0.05, 0) is 43.4 Å². The van der Waals surface area contributed by atoms with Gasteiger partial charge >= 0.3 is 11.7 Å². The third kappa shape index (κ3) is 5.01. The fourth-order valence-corrected chi connectivity index (χ4v) is 2.49. The van der Waals surface area contributed by atoms with Crippen LogP contribution in [0.1, 0.15) is 27.6 Å². The zero-order chi connectivity index (χ0) is 20.7. The van der Waals surface area contributed by atoms with E-state index in [0.29, 0.717) is 5.69 Å². The number of methoxy groups -OCH3 is 1. The first kappa shape index (κ1) is 20.8. The van der Waals surface area contributed by atoms with Crippen molar-refractivity contribution in [3.05, 3.63) is 63.7 Å². The number of benzene rings is 2. The lowest BCUT2D eigenvalue weighted by Gasteiger charge is -2.12. The van der Waals surface area contributed by atoms with Crippen LogP contribution in [0.2, 0.25) is 0 Å². The van der Waals surface area contributed by atoms with Gasteiger partial charge < -0.3 is 14.8 Å². The van der Waals surface area contributed by atoms with Crippen LogP contribution in [0.15, 0.2) is 42.5 Å². The van der Waals surface area contributed by atoms with Gasteiger partial charge in [-0.25, -0.2) is 4.79 Å². The third-order valence-electron chi connectivity index (χ3n) is 3.53. The minimum absolute atomic E-state index is 0.0283. The Balaban J connectivity index is 2.15. The number of ether oxygens (including phenoxy) is 2. The molecule has 0 heterocycles. The summed E-state index contributed by atoms with van der Waals surface area (Å²) in [5.74, 6) is -1.16. The van der Waals surface area contributed by atoms with Crippen molar-refractivity contribution in [3.8, 4) is 5.75 Å². The van der Waals surface area contributed by atoms with Gasteiger partial charge in [0.05, 0.1) is 29.9 Å². The number of nitro benzene ring substituents is 1. The fourth-order valence-electron chi connectivity index (χ4n) is 2.29. The van der Waals surface area contributed by atoms with Crippen LogP contribution in [-0.2, 0) is 4.74 Å². The van der Waals surface area contributed by atoms with Gasteiger partial charge in [-0.2, -0.15) is 0 Å². The van der Waals surface area contributed by atoms with Crippen molar-refractivity contribution < 1.29 is 24.0 Å². The molecule has 0 saturated carbocycles. The number of rotatable bonds is 6. The van der Waals surface area contributed by atoms with Crippen molar-refractivity contribution in [1.82, 2.24) is 5.32 Å². The zero-order valence-electron chi connectivity index (χ0n) is 15.1. The van der Waals surface area contributed by atoms with Crippen LogP contribution < -0.4 is 15.4 Å². The molecule has 2 aromatic carbocycles. The summed E-state index contributed by atoms with van der Waals surface area (Å²) in [6, 6.07) is 10.3. The van der Waals surface area contributed by atoms with E-state index in [1.807, 2.05) is 0 Å². The van der Waals surface area contributed by atoms with Gasteiger partial charge in [0.2, 0.25) is 0 Å². The molecule has 0 unspecified atom stereocenters. The van der Waals surface area contributed by atoms with Gasteiger partial charge in [-0.1, -0.05) is 12.1 Å². The van der Waals surface area contributed by atoms with Gasteiger partial charge in [-0.15, -0.1) is 0 Å². The van der Waals surface area contributed by atoms with E-state index in [1.54, 1.807) is 25.1 Å². The Morgan fingerprint density at radius 1 is 1.21 bits per heavy atom. The number of carbonyl (C=O) groups is 2. The Kier molecular flexibility index (Phi) is 6.99. The molecular weight excluding hydrogens is 386 g/mol. The second-order valence-corrected chi connectivity index (χ2v) is 5.73. The van der Waals surface area contributed by atoms with E-state index in [0.717, 1.165) is 6.07 Å². The maximum absolute atomic E-state index is 12.4. The number of esters is 1. The fraction of sp³-hybridized carbons (Fsp3) is 0.167. The summed E-state index contributed by atoms with van der Waals surface area (Å²) >= 11 is 5.09. The summed E-state index contributed by atoms with van der Waals surface area (Å²) < 4.78 is 9.87. The van der Waals surface area contributed by atoms with Gasteiger partial charge in [0, 0.05) is 11.6 Å². The van der Waals surface area contributed by atoms with E-state index in [-0.39, 0.29) is 34.3 Å². The topological polar surface area (TPSA) is 120 Å². The first-order valence-corrected chi connectivity index (χ1v) is 8.49. The van der Waals surface area contributed by atoms with Gasteiger partial charge in [0.15, 0.2) is 10.9 Å². The van der Waals surface area contributed by atoms with Gasteiger partial charge in [0.1, 0.15) is 0 Å². The van der Waals surface area contributed by atoms with Crippen molar-refractivity contribution in [2.24, 2.45) is 0 Å². The second-order valence-electron chi connectivity index (χ2n) is 5.32. The Labute approximate surface area is 165 Å². The Morgan fingerprint density at radius 3 is 2.57 bits per heavy atom. The molecule has 0 saturated heterocycles. The minimum atomic E-state index is -0.654. The summed E-state index contributed by atoms with van der Waals surface area (Å²) in [5, 5.41) is 16.2. The lowest BCUT2D eigenvalue weighted by molar-refractivity contribution is -0.385. The lowest BCUT2D eigenvalue weighted by Crippen LogP contribution is -2.34. The molecule has 146 valence electrons. The van der Waals surface area contributed by atoms with Gasteiger partial charge in [-0.3, -0.25) is 20.2 Å². The van der Waals surface area contributed by atoms with Crippen LogP contribution in [0.4, 0.5) is 11.4 Å². The van der Waals surface area contributed by atoms with E-state index in [1.165, 1.54) is 25.3 Å². The predicted octanol–water partition coefficient (Wildman–Crippen LogP) is 2.91. The van der Waals surface area contributed by atoms with Crippen molar-refractivity contribution >= 4 is 40.6 Å². The van der Waals surface area contributed by atoms with Crippen molar-refractivity contribution in [2.75, 3.05) is 19.0 Å². The highest BCUT2D eigenvalue weighted by Crippen LogP contribution is 2.28. The molecule has 28 heavy (non-hydrogen) atoms. The predicted molar refractivity (Wildman–Crippen MR) is 106 cm³/mol. The maximum Gasteiger partial charge on any atom is 0.339 e. The summed E-state index contributed by atoms with van der Waals surface area (Å²) in [7, 11) is 1.25. The number of carbonyl (C=O) groups excluding carboxylic acids is 2. The summed E-state index contributed by atoms with van der Waals surface area (Å²) in [5.41, 5.74) is 0.278. The number of hydrogen-bond acceptors (Lipinski definition) is 7. The van der Waals surface area contributed by atoms with E-state index in [4.69, 9.17) is 21.7 Å². The van der Waals surface area contributed by atoms with Crippen molar-refractivity contribution in [1.29, 1.82) is 0 Å². The average Bonchev–Trinajstić information content (AvgIpc) is 2.68. The number of para-hydroxylation sites is 1. The van der Waals surface area contributed by atoms with Crippen LogP contribution >= 0.6 is 12.2 Å². The van der Waals surface area contributed by atoms with Crippen LogP contribution in [0.25, 0.3) is 0 Å². The Hall–Kier alpha value is -3.53. The number of nitrogens with one attached hydrogen (secondary N) is 2. The van der Waals surface area contributed by atoms with Crippen LogP contribution in [0.3, 0.4) is 0 Å². The molecule has 0 aliphatic rings. The number of thiocarbonyl (C=S) groups is 1. The third-order valence-corrected chi connectivity index (χ3v) is 3.73. The SMILES string of the molecule is CCOc1ccc(C(=O)NC(=S)Nc2ccccc2C(=O)OC)cc1[N+](=O)[O-]. The number of nitro groups is 1. The smallest absolute Gasteiger partial charge is 0.339 e. The molecule has 0 aliphatic carbocycles. The highest BCUT2D eigenvalue weighted by Gasteiger charge is 2.19. The van der Waals surface area contributed by atoms with Crippen molar-refractivity contribution in [2.45, 2.75) is 6.92 Å². The molecule has 0 radical (unpaired) electrons. The number of amides is 1. The molecule has 10 heteroatoms. The summed E-state index contributed by atoms with van der Waals surface area (Å²) in [6.45, 7) is 1.95. The van der Waals surface area contributed by atoms with Crippen molar-refractivity contribution in [3.63, 3.8) is 0 Å². The Bertz CT molecular complexity index is 931. The minimum Gasteiger partial charge on any atom is -0.487 e. The first-order chi connectivity index (χ1) is 13.4. The molecule has 1 amide bonds. The van der Waals surface area contributed by atoms with Crippen LogP contribution in [0.5, 0.6) is 5.75 Å². The van der Waals surface area contributed by atoms with E-state index >= 15 is 0 Å². The molecule has 0 bridgehead atoms. The quantitative estimate of drug-likeness (QED) is 0.327. The number of nitrogens with zero attached hydrogens (tertiary/aromatic N) is 1. The monoisotopic (exact) mass is 403 g/mol. The molecule has 0 atom stereocenters. The van der Waals surface area contributed by atoms with E-state index in [9.17, 15) is 19.7 Å². The largest absolute Gasteiger partial charge is 0.487 e. The average molecular weight is 403 g/mol. The lowest BCUT2D eigenvalue weighted by atomic mass is 10.1. The molecule has 9 nitrogen and oxygen atoms in total. The normalized spacial score (nSPS) is 9.93. The summed E-state index contributed by atoms with van der Waals surface area (Å²) in [6.07, 6.45) is 0. The number of anilines is 1. The van der Waals surface area contributed by atoms with E-state index in [2.05, 4.69) is 10.6 Å². The molecule has 2 N–H and O–H groups in total. The molecule has 0 spiro atoms. The molecular formula is C18H17N3O6S.